The summed E-state index contributed by atoms with van der Waals surface area (Å²) >= 11 is 0. The number of fused-ring (bicyclic) bond motifs is 2. The first-order valence-corrected chi connectivity index (χ1v) is 10.0. The third-order valence-corrected chi connectivity index (χ3v) is 6.44. The molecule has 1 N–H and O–H groups in total. The summed E-state index contributed by atoms with van der Waals surface area (Å²) in [4.78, 5) is 20.8. The Morgan fingerprint density at radius 3 is 2.81 bits per heavy atom. The van der Waals surface area contributed by atoms with Crippen molar-refractivity contribution in [3.05, 3.63) is 23.9 Å². The number of ether oxygens (including phenoxy) is 1. The Labute approximate surface area is 155 Å². The maximum absolute atomic E-state index is 11.8. The van der Waals surface area contributed by atoms with E-state index in [0.717, 1.165) is 51.4 Å². The molecule has 0 unspecified atom stereocenters. The number of aromatic nitrogens is 1. The monoisotopic (exact) mass is 358 g/mol. The molecule has 1 amide bonds. The van der Waals surface area contributed by atoms with Gasteiger partial charge in [0.1, 0.15) is 5.82 Å². The molecule has 0 aliphatic carbocycles. The van der Waals surface area contributed by atoms with Crippen LogP contribution in [0.4, 0.5) is 10.6 Å². The van der Waals surface area contributed by atoms with Crippen LogP contribution in [0.3, 0.4) is 0 Å². The molecule has 142 valence electrons. The van der Waals surface area contributed by atoms with Crippen LogP contribution in [-0.2, 0) is 10.2 Å². The van der Waals surface area contributed by atoms with E-state index in [-0.39, 0.29) is 11.5 Å². The van der Waals surface area contributed by atoms with Gasteiger partial charge in [-0.15, -0.1) is 0 Å². The number of hydrogen-bond donors (Lipinski definition) is 1. The van der Waals surface area contributed by atoms with Crippen molar-refractivity contribution in [1.82, 2.24) is 14.8 Å². The van der Waals surface area contributed by atoms with Gasteiger partial charge in [-0.3, -0.25) is 0 Å². The van der Waals surface area contributed by atoms with Gasteiger partial charge in [-0.05, 0) is 57.7 Å². The van der Waals surface area contributed by atoms with Gasteiger partial charge in [0.15, 0.2) is 0 Å². The van der Waals surface area contributed by atoms with Gasteiger partial charge in [0, 0.05) is 43.4 Å². The van der Waals surface area contributed by atoms with Crippen LogP contribution < -0.4 is 5.32 Å². The minimum Gasteiger partial charge on any atom is -0.450 e. The van der Waals surface area contributed by atoms with Crippen LogP contribution in [0.5, 0.6) is 0 Å². The molecule has 0 saturated carbocycles. The van der Waals surface area contributed by atoms with Crippen LogP contribution in [0.25, 0.3) is 0 Å². The fourth-order valence-electron chi connectivity index (χ4n) is 4.81. The third kappa shape index (κ3) is 3.39. The van der Waals surface area contributed by atoms with E-state index in [1.165, 1.54) is 24.9 Å². The molecule has 1 aromatic heterocycles. The summed E-state index contributed by atoms with van der Waals surface area (Å²) in [7, 11) is 0. The van der Waals surface area contributed by atoms with Crippen LogP contribution in [0.1, 0.15) is 38.2 Å². The normalized spacial score (nSPS) is 22.9. The van der Waals surface area contributed by atoms with E-state index in [2.05, 4.69) is 27.3 Å². The molecular weight excluding hydrogens is 328 g/mol. The maximum atomic E-state index is 11.8. The number of nitrogens with one attached hydrogen (secondary N) is 1. The molecule has 2 fully saturated rings. The second-order valence-electron chi connectivity index (χ2n) is 7.96. The van der Waals surface area contributed by atoms with Crippen molar-refractivity contribution in [2.45, 2.75) is 38.0 Å². The number of likely N-dealkylation sites (tertiary alicyclic amines) is 2. The van der Waals surface area contributed by atoms with Crippen molar-refractivity contribution >= 4 is 11.9 Å². The lowest BCUT2D eigenvalue weighted by molar-refractivity contribution is 0.0800. The molecule has 4 rings (SSSR count). The standard InChI is InChI=1S/C20H30N4O2/c1-2-26-19(25)24-10-5-16(6-11-24)14-23-12-7-20(8-13-23)15-22-18-17(20)4-3-9-21-18/h3-4,9,16H,2,5-8,10-15H2,1H3,(H,21,22). The molecule has 0 radical (unpaired) electrons. The van der Waals surface area contributed by atoms with Crippen molar-refractivity contribution in [1.29, 1.82) is 0 Å². The highest BCUT2D eigenvalue weighted by molar-refractivity contribution is 5.67. The molecule has 0 atom stereocenters. The molecule has 4 heterocycles. The van der Waals surface area contributed by atoms with Gasteiger partial charge >= 0.3 is 6.09 Å². The number of nitrogens with zero attached hydrogens (tertiary/aromatic N) is 3. The Morgan fingerprint density at radius 1 is 1.31 bits per heavy atom. The van der Waals surface area contributed by atoms with E-state index in [9.17, 15) is 4.79 Å². The van der Waals surface area contributed by atoms with E-state index in [1.54, 1.807) is 0 Å². The van der Waals surface area contributed by atoms with Crippen molar-refractivity contribution in [2.24, 2.45) is 5.92 Å². The summed E-state index contributed by atoms with van der Waals surface area (Å²) in [5.41, 5.74) is 1.70. The second kappa shape index (κ2) is 7.43. The molecule has 0 bridgehead atoms. The molecule has 3 aliphatic rings. The minimum absolute atomic E-state index is 0.146. The highest BCUT2D eigenvalue weighted by atomic mass is 16.6. The van der Waals surface area contributed by atoms with Gasteiger partial charge in [0.05, 0.1) is 6.61 Å². The summed E-state index contributed by atoms with van der Waals surface area (Å²) in [5.74, 6) is 1.79. The Bertz CT molecular complexity index is 634. The van der Waals surface area contributed by atoms with E-state index in [4.69, 9.17) is 4.74 Å². The largest absolute Gasteiger partial charge is 0.450 e. The lowest BCUT2D eigenvalue weighted by Crippen LogP contribution is -2.47. The first-order chi connectivity index (χ1) is 12.7. The summed E-state index contributed by atoms with van der Waals surface area (Å²) < 4.78 is 5.11. The van der Waals surface area contributed by atoms with Crippen LogP contribution in [0, 0.1) is 5.92 Å². The molecule has 6 heteroatoms. The summed E-state index contributed by atoms with van der Waals surface area (Å²) in [5, 5.41) is 3.50. The van der Waals surface area contributed by atoms with Crippen molar-refractivity contribution < 1.29 is 9.53 Å². The number of rotatable bonds is 3. The van der Waals surface area contributed by atoms with Gasteiger partial charge in [0.2, 0.25) is 0 Å². The number of amides is 1. The fraction of sp³-hybridized carbons (Fsp3) is 0.700. The molecule has 2 saturated heterocycles. The quantitative estimate of drug-likeness (QED) is 0.900. The molecule has 1 aromatic rings. The van der Waals surface area contributed by atoms with E-state index in [0.29, 0.717) is 12.5 Å². The molecule has 0 aromatic carbocycles. The minimum atomic E-state index is -0.146. The van der Waals surface area contributed by atoms with Crippen molar-refractivity contribution in [3.63, 3.8) is 0 Å². The van der Waals surface area contributed by atoms with Gasteiger partial charge in [-0.2, -0.15) is 0 Å². The third-order valence-electron chi connectivity index (χ3n) is 6.44. The van der Waals surface area contributed by atoms with Crippen molar-refractivity contribution in [3.8, 4) is 0 Å². The SMILES string of the molecule is CCOC(=O)N1CCC(CN2CCC3(CC2)CNc2ncccc23)CC1. The molecular formula is C20H30N4O2. The van der Waals surface area contributed by atoms with E-state index < -0.39 is 0 Å². The summed E-state index contributed by atoms with van der Waals surface area (Å²) in [6.45, 7) is 8.52. The lowest BCUT2D eigenvalue weighted by atomic mass is 9.74. The van der Waals surface area contributed by atoms with E-state index in [1.807, 2.05) is 18.0 Å². The number of anilines is 1. The van der Waals surface area contributed by atoms with Crippen molar-refractivity contribution in [2.75, 3.05) is 51.2 Å². The second-order valence-corrected chi connectivity index (χ2v) is 7.96. The average Bonchev–Trinajstić information content (AvgIpc) is 3.03. The Kier molecular flexibility index (Phi) is 5.02. The molecule has 3 aliphatic heterocycles. The smallest absolute Gasteiger partial charge is 0.409 e. The maximum Gasteiger partial charge on any atom is 0.409 e. The number of pyridine rings is 1. The van der Waals surface area contributed by atoms with Crippen LogP contribution in [-0.4, -0.2) is 66.8 Å². The number of hydrogen-bond acceptors (Lipinski definition) is 5. The average molecular weight is 358 g/mol. The Morgan fingerprint density at radius 2 is 2.08 bits per heavy atom. The zero-order valence-electron chi connectivity index (χ0n) is 15.7. The zero-order chi connectivity index (χ0) is 18.0. The predicted molar refractivity (Wildman–Crippen MR) is 101 cm³/mol. The first kappa shape index (κ1) is 17.6. The van der Waals surface area contributed by atoms with Gasteiger partial charge in [-0.1, -0.05) is 6.07 Å². The lowest BCUT2D eigenvalue weighted by Gasteiger charge is -2.41. The molecule has 1 spiro atoms. The zero-order valence-corrected chi connectivity index (χ0v) is 15.7. The number of piperidine rings is 2. The van der Waals surface area contributed by atoms with Crippen LogP contribution in [0.15, 0.2) is 18.3 Å². The first-order valence-electron chi connectivity index (χ1n) is 10.0. The highest BCUT2D eigenvalue weighted by Gasteiger charge is 2.42. The molecule has 6 nitrogen and oxygen atoms in total. The van der Waals surface area contributed by atoms with Crippen LogP contribution >= 0.6 is 0 Å². The predicted octanol–water partition coefficient (Wildman–Crippen LogP) is 2.71. The van der Waals surface area contributed by atoms with Crippen LogP contribution in [0.2, 0.25) is 0 Å². The van der Waals surface area contributed by atoms with Gasteiger partial charge in [0.25, 0.3) is 0 Å². The number of carbonyl (C=O) groups excluding carboxylic acids is 1. The highest BCUT2D eigenvalue weighted by Crippen LogP contribution is 2.43. The Balaban J connectivity index is 1.26. The molecule has 26 heavy (non-hydrogen) atoms. The van der Waals surface area contributed by atoms with Gasteiger partial charge < -0.3 is 19.9 Å². The Hall–Kier alpha value is -1.82. The summed E-state index contributed by atoms with van der Waals surface area (Å²) in [6, 6.07) is 4.32. The fourth-order valence-corrected chi connectivity index (χ4v) is 4.81. The summed E-state index contributed by atoms with van der Waals surface area (Å²) in [6.07, 6.45) is 6.33. The van der Waals surface area contributed by atoms with Gasteiger partial charge in [-0.25, -0.2) is 9.78 Å². The topological polar surface area (TPSA) is 57.7 Å². The van der Waals surface area contributed by atoms with E-state index >= 15 is 0 Å². The number of carbonyl (C=O) groups is 1.